The van der Waals surface area contributed by atoms with Gasteiger partial charge in [-0.3, -0.25) is 0 Å². The van der Waals surface area contributed by atoms with E-state index in [2.05, 4.69) is 15.9 Å². The van der Waals surface area contributed by atoms with E-state index in [0.29, 0.717) is 18.0 Å². The number of halogens is 1. The summed E-state index contributed by atoms with van der Waals surface area (Å²) in [4.78, 5) is 11.9. The number of hydrogen-bond acceptors (Lipinski definition) is 4. The van der Waals surface area contributed by atoms with Crippen LogP contribution in [0.1, 0.15) is 17.7 Å². The van der Waals surface area contributed by atoms with Crippen molar-refractivity contribution in [3.8, 4) is 0 Å². The molecule has 1 unspecified atom stereocenters. The molecule has 2 rings (SSSR count). The SMILES string of the molecule is Cc1sc(Br)cc1S(=O)(=O)N1CCCC(C=O)C1. The zero-order valence-electron chi connectivity index (χ0n) is 9.93. The van der Waals surface area contributed by atoms with Gasteiger partial charge >= 0.3 is 0 Å². The Labute approximate surface area is 119 Å². The molecule has 100 valence electrons. The molecule has 7 heteroatoms. The fourth-order valence-corrected chi connectivity index (χ4v) is 6.05. The van der Waals surface area contributed by atoms with Gasteiger partial charge in [-0.05, 0) is 41.8 Å². The van der Waals surface area contributed by atoms with Gasteiger partial charge in [-0.25, -0.2) is 8.42 Å². The molecule has 0 aromatic carbocycles. The van der Waals surface area contributed by atoms with Crippen molar-refractivity contribution in [1.29, 1.82) is 0 Å². The Morgan fingerprint density at radius 3 is 2.83 bits per heavy atom. The van der Waals surface area contributed by atoms with Crippen molar-refractivity contribution in [2.24, 2.45) is 5.92 Å². The molecular weight excluding hydrogens is 338 g/mol. The van der Waals surface area contributed by atoms with Crippen LogP contribution in [0, 0.1) is 12.8 Å². The summed E-state index contributed by atoms with van der Waals surface area (Å²) < 4.78 is 27.2. The van der Waals surface area contributed by atoms with Crippen molar-refractivity contribution < 1.29 is 13.2 Å². The molecule has 4 nitrogen and oxygen atoms in total. The molecule has 0 spiro atoms. The van der Waals surface area contributed by atoms with Gasteiger partial charge in [0.15, 0.2) is 0 Å². The first kappa shape index (κ1) is 14.2. The summed E-state index contributed by atoms with van der Waals surface area (Å²) in [6.45, 7) is 2.60. The van der Waals surface area contributed by atoms with E-state index in [1.54, 1.807) is 13.0 Å². The van der Waals surface area contributed by atoms with Crippen LogP contribution in [0.15, 0.2) is 14.7 Å². The van der Waals surface area contributed by atoms with Gasteiger partial charge in [-0.2, -0.15) is 4.31 Å². The Bertz CT molecular complexity index is 553. The van der Waals surface area contributed by atoms with E-state index in [4.69, 9.17) is 0 Å². The summed E-state index contributed by atoms with van der Waals surface area (Å²) in [6, 6.07) is 1.64. The molecule has 1 aromatic rings. The number of nitrogens with zero attached hydrogens (tertiary/aromatic N) is 1. The van der Waals surface area contributed by atoms with E-state index < -0.39 is 10.0 Å². The van der Waals surface area contributed by atoms with Gasteiger partial charge < -0.3 is 4.79 Å². The fraction of sp³-hybridized carbons (Fsp3) is 0.545. The fourth-order valence-electron chi connectivity index (χ4n) is 2.13. The van der Waals surface area contributed by atoms with Gasteiger partial charge in [0.1, 0.15) is 6.29 Å². The Hall–Kier alpha value is -0.240. The molecule has 1 fully saturated rings. The van der Waals surface area contributed by atoms with Crippen LogP contribution in [0.5, 0.6) is 0 Å². The monoisotopic (exact) mass is 351 g/mol. The van der Waals surface area contributed by atoms with Crippen LogP contribution in [0.4, 0.5) is 0 Å². The lowest BCUT2D eigenvalue weighted by atomic mass is 10.0. The van der Waals surface area contributed by atoms with Crippen LogP contribution in [-0.4, -0.2) is 32.1 Å². The van der Waals surface area contributed by atoms with Crippen LogP contribution in [0.25, 0.3) is 0 Å². The summed E-state index contributed by atoms with van der Waals surface area (Å²) in [5.74, 6) is -0.170. The number of thiophene rings is 1. The number of hydrogen-bond donors (Lipinski definition) is 0. The van der Waals surface area contributed by atoms with Crippen LogP contribution in [0.3, 0.4) is 0 Å². The molecular formula is C11H14BrNO3S2. The number of rotatable bonds is 3. The van der Waals surface area contributed by atoms with E-state index >= 15 is 0 Å². The Morgan fingerprint density at radius 2 is 2.28 bits per heavy atom. The van der Waals surface area contributed by atoms with Crippen molar-refractivity contribution in [2.75, 3.05) is 13.1 Å². The highest BCUT2D eigenvalue weighted by molar-refractivity contribution is 9.11. The lowest BCUT2D eigenvalue weighted by Gasteiger charge is -2.29. The molecule has 0 radical (unpaired) electrons. The number of piperidine rings is 1. The molecule has 0 saturated carbocycles. The highest BCUT2D eigenvalue weighted by Gasteiger charge is 2.31. The smallest absolute Gasteiger partial charge is 0.244 e. The van der Waals surface area contributed by atoms with E-state index in [1.165, 1.54) is 15.6 Å². The molecule has 0 aliphatic carbocycles. The number of aryl methyl sites for hydroxylation is 1. The van der Waals surface area contributed by atoms with E-state index in [0.717, 1.165) is 27.8 Å². The average molecular weight is 352 g/mol. The maximum atomic E-state index is 12.5. The molecule has 2 heterocycles. The highest BCUT2D eigenvalue weighted by atomic mass is 79.9. The van der Waals surface area contributed by atoms with Gasteiger partial charge in [0.25, 0.3) is 0 Å². The summed E-state index contributed by atoms with van der Waals surface area (Å²) in [7, 11) is -3.46. The third-order valence-electron chi connectivity index (χ3n) is 3.07. The molecule has 1 saturated heterocycles. The highest BCUT2D eigenvalue weighted by Crippen LogP contribution is 2.32. The minimum absolute atomic E-state index is 0.170. The minimum Gasteiger partial charge on any atom is -0.303 e. The number of carbonyl (C=O) groups is 1. The summed E-state index contributed by atoms with van der Waals surface area (Å²) in [5.41, 5.74) is 0. The second kappa shape index (κ2) is 5.40. The first-order valence-electron chi connectivity index (χ1n) is 5.66. The first-order chi connectivity index (χ1) is 8.45. The predicted octanol–water partition coefficient (Wildman–Crippen LogP) is 2.42. The van der Waals surface area contributed by atoms with Crippen molar-refractivity contribution in [3.63, 3.8) is 0 Å². The number of aldehydes is 1. The third kappa shape index (κ3) is 2.68. The maximum absolute atomic E-state index is 12.5. The largest absolute Gasteiger partial charge is 0.303 e. The topological polar surface area (TPSA) is 54.5 Å². The van der Waals surface area contributed by atoms with Gasteiger partial charge in [-0.1, -0.05) is 0 Å². The summed E-state index contributed by atoms with van der Waals surface area (Å²) in [5, 5.41) is 0. The molecule has 0 bridgehead atoms. The molecule has 1 aliphatic heterocycles. The Kier molecular flexibility index (Phi) is 4.25. The predicted molar refractivity (Wildman–Crippen MR) is 74.3 cm³/mol. The maximum Gasteiger partial charge on any atom is 0.244 e. The second-order valence-electron chi connectivity index (χ2n) is 4.37. The zero-order chi connectivity index (χ0) is 13.3. The standard InChI is InChI=1S/C11H14BrNO3S2/c1-8-10(5-11(12)17-8)18(15,16)13-4-2-3-9(6-13)7-14/h5,7,9H,2-4,6H2,1H3. The van der Waals surface area contributed by atoms with Crippen LogP contribution in [0.2, 0.25) is 0 Å². The van der Waals surface area contributed by atoms with Crippen molar-refractivity contribution >= 4 is 43.6 Å². The molecule has 1 atom stereocenters. The van der Waals surface area contributed by atoms with Gasteiger partial charge in [0.05, 0.1) is 8.68 Å². The quantitative estimate of drug-likeness (QED) is 0.785. The number of sulfonamides is 1. The zero-order valence-corrected chi connectivity index (χ0v) is 13.1. The van der Waals surface area contributed by atoms with E-state index in [-0.39, 0.29) is 5.92 Å². The van der Waals surface area contributed by atoms with Crippen molar-refractivity contribution in [1.82, 2.24) is 4.31 Å². The van der Waals surface area contributed by atoms with E-state index in [1.807, 2.05) is 0 Å². The molecule has 0 N–H and O–H groups in total. The van der Waals surface area contributed by atoms with E-state index in [9.17, 15) is 13.2 Å². The van der Waals surface area contributed by atoms with Gasteiger partial charge in [0, 0.05) is 23.9 Å². The van der Waals surface area contributed by atoms with Gasteiger partial charge in [0.2, 0.25) is 10.0 Å². The summed E-state index contributed by atoms with van der Waals surface area (Å²) in [6.07, 6.45) is 2.38. The lowest BCUT2D eigenvalue weighted by Crippen LogP contribution is -2.40. The normalized spacial score (nSPS) is 22.0. The molecule has 0 amide bonds. The second-order valence-corrected chi connectivity index (χ2v) is 8.91. The van der Waals surface area contributed by atoms with Crippen LogP contribution >= 0.6 is 27.3 Å². The Morgan fingerprint density at radius 1 is 1.56 bits per heavy atom. The van der Waals surface area contributed by atoms with Crippen LogP contribution < -0.4 is 0 Å². The Balaban J connectivity index is 2.31. The number of carbonyl (C=O) groups excluding carboxylic acids is 1. The average Bonchev–Trinajstić information content (AvgIpc) is 2.69. The first-order valence-corrected chi connectivity index (χ1v) is 8.71. The summed E-state index contributed by atoms with van der Waals surface area (Å²) >= 11 is 4.71. The van der Waals surface area contributed by atoms with Crippen molar-refractivity contribution in [2.45, 2.75) is 24.7 Å². The third-order valence-corrected chi connectivity index (χ3v) is 6.75. The lowest BCUT2D eigenvalue weighted by molar-refractivity contribution is -0.112. The van der Waals surface area contributed by atoms with Crippen LogP contribution in [-0.2, 0) is 14.8 Å². The molecule has 1 aliphatic rings. The van der Waals surface area contributed by atoms with Crippen molar-refractivity contribution in [3.05, 3.63) is 14.7 Å². The molecule has 18 heavy (non-hydrogen) atoms. The minimum atomic E-state index is -3.46. The van der Waals surface area contributed by atoms with Gasteiger partial charge in [-0.15, -0.1) is 11.3 Å². The molecule has 1 aromatic heterocycles.